The fourth-order valence-corrected chi connectivity index (χ4v) is 1.72. The highest BCUT2D eigenvalue weighted by molar-refractivity contribution is 6.33. The van der Waals surface area contributed by atoms with Crippen LogP contribution in [0.2, 0.25) is 5.02 Å². The van der Waals surface area contributed by atoms with E-state index >= 15 is 0 Å². The third-order valence-corrected chi connectivity index (χ3v) is 2.84. The average molecular weight is 257 g/mol. The van der Waals surface area contributed by atoms with Gasteiger partial charge in [-0.25, -0.2) is 0 Å². The Bertz CT molecular complexity index is 383. The van der Waals surface area contributed by atoms with Gasteiger partial charge in [-0.15, -0.1) is 0 Å². The SMILES string of the molecule is CCCCCCNc1cc([N+](=O)[O-])ccc1Cl. The summed E-state index contributed by atoms with van der Waals surface area (Å²) in [4.78, 5) is 10.2. The number of nitrogens with zero attached hydrogens (tertiary/aromatic N) is 1. The van der Waals surface area contributed by atoms with E-state index in [4.69, 9.17) is 11.6 Å². The van der Waals surface area contributed by atoms with Crippen molar-refractivity contribution in [2.75, 3.05) is 11.9 Å². The minimum atomic E-state index is -0.418. The lowest BCUT2D eigenvalue weighted by atomic mass is 10.2. The molecule has 17 heavy (non-hydrogen) atoms. The number of halogens is 1. The van der Waals surface area contributed by atoms with Gasteiger partial charge in [0.25, 0.3) is 5.69 Å². The smallest absolute Gasteiger partial charge is 0.271 e. The second kappa shape index (κ2) is 7.12. The number of nitrogens with one attached hydrogen (secondary N) is 1. The molecule has 0 fully saturated rings. The van der Waals surface area contributed by atoms with Crippen LogP contribution in [-0.2, 0) is 0 Å². The van der Waals surface area contributed by atoms with E-state index in [1.807, 2.05) is 0 Å². The summed E-state index contributed by atoms with van der Waals surface area (Å²) in [6.45, 7) is 2.95. The van der Waals surface area contributed by atoms with Gasteiger partial charge in [-0.05, 0) is 12.5 Å². The monoisotopic (exact) mass is 256 g/mol. The second-order valence-corrected chi connectivity index (χ2v) is 4.32. The van der Waals surface area contributed by atoms with Crippen LogP contribution in [-0.4, -0.2) is 11.5 Å². The Kier molecular flexibility index (Phi) is 5.77. The first-order chi connectivity index (χ1) is 8.15. The van der Waals surface area contributed by atoms with Gasteiger partial charge in [-0.2, -0.15) is 0 Å². The summed E-state index contributed by atoms with van der Waals surface area (Å²) in [7, 11) is 0. The molecule has 1 N–H and O–H groups in total. The first kappa shape index (κ1) is 13.8. The Morgan fingerprint density at radius 2 is 2.12 bits per heavy atom. The zero-order valence-corrected chi connectivity index (χ0v) is 10.7. The maximum absolute atomic E-state index is 10.6. The number of unbranched alkanes of at least 4 members (excludes halogenated alkanes) is 3. The highest BCUT2D eigenvalue weighted by Gasteiger charge is 2.08. The molecule has 0 aromatic heterocycles. The van der Waals surface area contributed by atoms with Gasteiger partial charge in [-0.3, -0.25) is 10.1 Å². The molecule has 0 amide bonds. The summed E-state index contributed by atoms with van der Waals surface area (Å²) >= 11 is 5.96. The van der Waals surface area contributed by atoms with Gasteiger partial charge in [0, 0.05) is 18.7 Å². The summed E-state index contributed by atoms with van der Waals surface area (Å²) < 4.78 is 0. The minimum Gasteiger partial charge on any atom is -0.384 e. The van der Waals surface area contributed by atoms with Crippen LogP contribution < -0.4 is 5.32 Å². The van der Waals surface area contributed by atoms with E-state index < -0.39 is 4.92 Å². The van der Waals surface area contributed by atoms with Crippen LogP contribution in [0.4, 0.5) is 11.4 Å². The Hall–Kier alpha value is -1.29. The maximum Gasteiger partial charge on any atom is 0.271 e. The van der Waals surface area contributed by atoms with Crippen molar-refractivity contribution in [3.63, 3.8) is 0 Å². The van der Waals surface area contributed by atoms with E-state index in [0.29, 0.717) is 10.7 Å². The summed E-state index contributed by atoms with van der Waals surface area (Å²) in [5.74, 6) is 0. The fourth-order valence-electron chi connectivity index (χ4n) is 1.54. The first-order valence-corrected chi connectivity index (χ1v) is 6.20. The topological polar surface area (TPSA) is 55.2 Å². The Balaban J connectivity index is 2.51. The molecule has 5 heteroatoms. The molecule has 0 unspecified atom stereocenters. The van der Waals surface area contributed by atoms with Crippen LogP contribution >= 0.6 is 11.6 Å². The predicted molar refractivity (Wildman–Crippen MR) is 70.7 cm³/mol. The quantitative estimate of drug-likeness (QED) is 0.451. The minimum absolute atomic E-state index is 0.0606. The zero-order chi connectivity index (χ0) is 12.7. The van der Waals surface area contributed by atoms with Crippen molar-refractivity contribution >= 4 is 23.0 Å². The number of hydrogen-bond donors (Lipinski definition) is 1. The average Bonchev–Trinajstić information content (AvgIpc) is 2.30. The molecule has 0 bridgehead atoms. The van der Waals surface area contributed by atoms with E-state index in [-0.39, 0.29) is 5.69 Å². The molecule has 0 atom stereocenters. The van der Waals surface area contributed by atoms with Crippen LogP contribution in [0.1, 0.15) is 32.6 Å². The molecule has 0 radical (unpaired) electrons. The number of anilines is 1. The largest absolute Gasteiger partial charge is 0.384 e. The normalized spacial score (nSPS) is 10.2. The van der Waals surface area contributed by atoms with Gasteiger partial charge in [0.15, 0.2) is 0 Å². The van der Waals surface area contributed by atoms with Crippen molar-refractivity contribution in [3.05, 3.63) is 33.3 Å². The van der Waals surface area contributed by atoms with E-state index in [0.717, 1.165) is 19.4 Å². The summed E-state index contributed by atoms with van der Waals surface area (Å²) in [6, 6.07) is 4.43. The highest BCUT2D eigenvalue weighted by Crippen LogP contribution is 2.26. The third-order valence-electron chi connectivity index (χ3n) is 2.51. The number of hydrogen-bond acceptors (Lipinski definition) is 3. The predicted octanol–water partition coefficient (Wildman–Crippen LogP) is 4.24. The van der Waals surface area contributed by atoms with Crippen molar-refractivity contribution in [3.8, 4) is 0 Å². The van der Waals surface area contributed by atoms with E-state index in [1.165, 1.54) is 25.0 Å². The molecule has 1 rings (SSSR count). The molecule has 0 aliphatic rings. The van der Waals surface area contributed by atoms with Crippen LogP contribution in [0, 0.1) is 10.1 Å². The van der Waals surface area contributed by atoms with Gasteiger partial charge in [0.2, 0.25) is 0 Å². The maximum atomic E-state index is 10.6. The molecular weight excluding hydrogens is 240 g/mol. The number of rotatable bonds is 7. The van der Waals surface area contributed by atoms with Gasteiger partial charge >= 0.3 is 0 Å². The van der Waals surface area contributed by atoms with E-state index in [9.17, 15) is 10.1 Å². The summed E-state index contributed by atoms with van der Waals surface area (Å²) in [6.07, 6.45) is 4.62. The fraction of sp³-hybridized carbons (Fsp3) is 0.500. The Morgan fingerprint density at radius 3 is 2.76 bits per heavy atom. The van der Waals surface area contributed by atoms with Crippen LogP contribution in [0.15, 0.2) is 18.2 Å². The Morgan fingerprint density at radius 1 is 1.35 bits per heavy atom. The van der Waals surface area contributed by atoms with Crippen molar-refractivity contribution in [1.82, 2.24) is 0 Å². The van der Waals surface area contributed by atoms with E-state index in [2.05, 4.69) is 12.2 Å². The lowest BCUT2D eigenvalue weighted by Crippen LogP contribution is -2.02. The molecule has 4 nitrogen and oxygen atoms in total. The van der Waals surface area contributed by atoms with Gasteiger partial charge in [-0.1, -0.05) is 37.8 Å². The molecule has 0 heterocycles. The first-order valence-electron chi connectivity index (χ1n) is 5.83. The number of nitro groups is 1. The lowest BCUT2D eigenvalue weighted by molar-refractivity contribution is -0.384. The lowest BCUT2D eigenvalue weighted by Gasteiger charge is -2.07. The zero-order valence-electron chi connectivity index (χ0n) is 9.91. The highest BCUT2D eigenvalue weighted by atomic mass is 35.5. The number of nitro benzene ring substituents is 1. The van der Waals surface area contributed by atoms with Crippen LogP contribution in [0.3, 0.4) is 0 Å². The standard InChI is InChI=1S/C12H17ClN2O2/c1-2-3-4-5-8-14-12-9-10(15(16)17)6-7-11(12)13/h6-7,9,14H,2-5,8H2,1H3. The van der Waals surface area contributed by atoms with Gasteiger partial charge < -0.3 is 5.32 Å². The molecule has 0 spiro atoms. The third kappa shape index (κ3) is 4.61. The second-order valence-electron chi connectivity index (χ2n) is 3.91. The summed E-state index contributed by atoms with van der Waals surface area (Å²) in [5.41, 5.74) is 0.697. The molecule has 0 aliphatic heterocycles. The molecule has 1 aromatic rings. The number of non-ortho nitro benzene ring substituents is 1. The molecule has 0 saturated heterocycles. The van der Waals surface area contributed by atoms with Gasteiger partial charge in [0.1, 0.15) is 0 Å². The molecule has 1 aromatic carbocycles. The molecule has 0 aliphatic carbocycles. The summed E-state index contributed by atoms with van der Waals surface area (Å²) in [5, 5.41) is 14.3. The van der Waals surface area contributed by atoms with Gasteiger partial charge in [0.05, 0.1) is 15.6 Å². The molecule has 94 valence electrons. The van der Waals surface area contributed by atoms with Crippen molar-refractivity contribution < 1.29 is 4.92 Å². The van der Waals surface area contributed by atoms with Crippen molar-refractivity contribution in [1.29, 1.82) is 0 Å². The van der Waals surface area contributed by atoms with E-state index in [1.54, 1.807) is 6.07 Å². The molecular formula is C12H17ClN2O2. The van der Waals surface area contributed by atoms with Crippen molar-refractivity contribution in [2.24, 2.45) is 0 Å². The molecule has 0 saturated carbocycles. The van der Waals surface area contributed by atoms with Crippen molar-refractivity contribution in [2.45, 2.75) is 32.6 Å². The van der Waals surface area contributed by atoms with Crippen LogP contribution in [0.5, 0.6) is 0 Å². The number of benzene rings is 1. The Labute approximate surface area is 106 Å². The van der Waals surface area contributed by atoms with Crippen LogP contribution in [0.25, 0.3) is 0 Å².